The first-order valence-corrected chi connectivity index (χ1v) is 5.60. The van der Waals surface area contributed by atoms with Crippen molar-refractivity contribution >= 4 is 16.6 Å². The van der Waals surface area contributed by atoms with Gasteiger partial charge in [0.2, 0.25) is 0 Å². The molecule has 3 nitrogen and oxygen atoms in total. The van der Waals surface area contributed by atoms with Crippen LogP contribution < -0.4 is 0 Å². The lowest BCUT2D eigenvalue weighted by Gasteiger charge is -1.97. The van der Waals surface area contributed by atoms with Crippen LogP contribution in [0.4, 0.5) is 0 Å². The molecule has 0 aliphatic heterocycles. The van der Waals surface area contributed by atoms with Crippen LogP contribution in [0, 0.1) is 0 Å². The zero-order chi connectivity index (χ0) is 11.0. The minimum Gasteiger partial charge on any atom is -0.290 e. The molecule has 0 aliphatic rings. The number of nitrogens with zero attached hydrogens (tertiary/aromatic N) is 3. The summed E-state index contributed by atoms with van der Waals surface area (Å²) in [5, 5.41) is 1.12. The third-order valence-electron chi connectivity index (χ3n) is 2.75. The van der Waals surface area contributed by atoms with E-state index in [4.69, 9.17) is 0 Å². The number of rotatable bonds is 2. The van der Waals surface area contributed by atoms with E-state index in [1.807, 2.05) is 28.9 Å². The summed E-state index contributed by atoms with van der Waals surface area (Å²) in [6.07, 6.45) is 6.05. The van der Waals surface area contributed by atoms with E-state index in [1.54, 1.807) is 0 Å². The third kappa shape index (κ3) is 1.36. The number of aromatic nitrogens is 3. The van der Waals surface area contributed by atoms with Gasteiger partial charge in [-0.15, -0.1) is 0 Å². The monoisotopic (exact) mass is 211 g/mol. The molecular weight excluding hydrogens is 198 g/mol. The van der Waals surface area contributed by atoms with E-state index in [-0.39, 0.29) is 0 Å². The number of aryl methyl sites for hydroxylation is 1. The number of hydrogen-bond donors (Lipinski definition) is 0. The van der Waals surface area contributed by atoms with E-state index in [0.717, 1.165) is 35.1 Å². The molecule has 0 spiro atoms. The fourth-order valence-corrected chi connectivity index (χ4v) is 2.01. The van der Waals surface area contributed by atoms with Crippen molar-refractivity contribution in [2.45, 2.75) is 19.8 Å². The summed E-state index contributed by atoms with van der Waals surface area (Å²) < 4.78 is 2.01. The van der Waals surface area contributed by atoms with Crippen molar-refractivity contribution in [1.82, 2.24) is 14.4 Å². The summed E-state index contributed by atoms with van der Waals surface area (Å²) in [5.74, 6) is 0. The Morgan fingerprint density at radius 3 is 3.00 bits per heavy atom. The van der Waals surface area contributed by atoms with Crippen LogP contribution in [0.1, 0.15) is 19.0 Å². The Kier molecular flexibility index (Phi) is 2.10. The van der Waals surface area contributed by atoms with Gasteiger partial charge in [-0.1, -0.05) is 25.5 Å². The van der Waals surface area contributed by atoms with Crippen LogP contribution in [0.2, 0.25) is 0 Å². The molecule has 0 aliphatic carbocycles. The van der Waals surface area contributed by atoms with Crippen LogP contribution >= 0.6 is 0 Å². The normalized spacial score (nSPS) is 11.3. The Balaban J connectivity index is 2.32. The molecule has 3 rings (SSSR count). The van der Waals surface area contributed by atoms with Crippen molar-refractivity contribution in [3.63, 3.8) is 0 Å². The largest absolute Gasteiger partial charge is 0.290 e. The van der Waals surface area contributed by atoms with Gasteiger partial charge in [-0.05, 0) is 18.6 Å². The molecule has 16 heavy (non-hydrogen) atoms. The first kappa shape index (κ1) is 9.33. The maximum Gasteiger partial charge on any atom is 0.147 e. The average Bonchev–Trinajstić information content (AvgIpc) is 2.72. The molecule has 2 aromatic heterocycles. The van der Waals surface area contributed by atoms with Gasteiger partial charge in [0.05, 0.1) is 11.2 Å². The molecule has 0 fully saturated rings. The Labute approximate surface area is 93.8 Å². The maximum absolute atomic E-state index is 4.65. The first-order chi connectivity index (χ1) is 7.88. The van der Waals surface area contributed by atoms with E-state index < -0.39 is 0 Å². The van der Waals surface area contributed by atoms with Gasteiger partial charge in [0.15, 0.2) is 0 Å². The van der Waals surface area contributed by atoms with Crippen molar-refractivity contribution in [2.24, 2.45) is 0 Å². The predicted molar refractivity (Wildman–Crippen MR) is 64.5 cm³/mol. The molecule has 0 amide bonds. The Bertz CT molecular complexity index is 640. The zero-order valence-corrected chi connectivity index (χ0v) is 9.22. The molecule has 0 bridgehead atoms. The Morgan fingerprint density at radius 2 is 2.12 bits per heavy atom. The number of hydrogen-bond acceptors (Lipinski definition) is 2. The summed E-state index contributed by atoms with van der Waals surface area (Å²) in [5.41, 5.74) is 3.15. The Morgan fingerprint density at radius 1 is 1.25 bits per heavy atom. The molecule has 0 radical (unpaired) electrons. The van der Waals surface area contributed by atoms with E-state index in [0.29, 0.717) is 0 Å². The van der Waals surface area contributed by atoms with Gasteiger partial charge in [-0.3, -0.25) is 4.40 Å². The molecule has 80 valence electrons. The van der Waals surface area contributed by atoms with Crippen LogP contribution in [0.3, 0.4) is 0 Å². The molecule has 0 N–H and O–H groups in total. The molecule has 3 heteroatoms. The van der Waals surface area contributed by atoms with Crippen LogP contribution in [0.25, 0.3) is 16.6 Å². The average molecular weight is 211 g/mol. The van der Waals surface area contributed by atoms with E-state index >= 15 is 0 Å². The fraction of sp³-hybridized carbons (Fsp3) is 0.231. The Hall–Kier alpha value is -1.90. The summed E-state index contributed by atoms with van der Waals surface area (Å²) >= 11 is 0. The van der Waals surface area contributed by atoms with Crippen LogP contribution in [-0.2, 0) is 6.42 Å². The van der Waals surface area contributed by atoms with Crippen molar-refractivity contribution in [3.05, 3.63) is 42.5 Å². The number of benzene rings is 1. The molecular formula is C13H13N3. The van der Waals surface area contributed by atoms with Crippen LogP contribution in [0.15, 0.2) is 36.8 Å². The minimum atomic E-state index is 1.00. The van der Waals surface area contributed by atoms with Gasteiger partial charge >= 0.3 is 0 Å². The highest BCUT2D eigenvalue weighted by Crippen LogP contribution is 2.17. The van der Waals surface area contributed by atoms with E-state index in [2.05, 4.69) is 29.2 Å². The van der Waals surface area contributed by atoms with Crippen LogP contribution in [-0.4, -0.2) is 14.4 Å². The highest BCUT2D eigenvalue weighted by atomic mass is 15.0. The van der Waals surface area contributed by atoms with E-state index in [1.165, 1.54) is 0 Å². The highest BCUT2D eigenvalue weighted by Gasteiger charge is 2.05. The van der Waals surface area contributed by atoms with Crippen LogP contribution in [0.5, 0.6) is 0 Å². The number of imidazole rings is 1. The first-order valence-electron chi connectivity index (χ1n) is 5.60. The lowest BCUT2D eigenvalue weighted by Crippen LogP contribution is -1.87. The number of para-hydroxylation sites is 1. The smallest absolute Gasteiger partial charge is 0.147 e. The van der Waals surface area contributed by atoms with Gasteiger partial charge in [0, 0.05) is 11.6 Å². The highest BCUT2D eigenvalue weighted by molar-refractivity contribution is 5.90. The summed E-state index contributed by atoms with van der Waals surface area (Å²) in [6.45, 7) is 2.17. The quantitative estimate of drug-likeness (QED) is 0.652. The third-order valence-corrected chi connectivity index (χ3v) is 2.75. The second kappa shape index (κ2) is 3.59. The number of fused-ring (bicyclic) bond motifs is 3. The second-order valence-electron chi connectivity index (χ2n) is 3.97. The molecule has 0 saturated heterocycles. The van der Waals surface area contributed by atoms with Crippen molar-refractivity contribution < 1.29 is 0 Å². The summed E-state index contributed by atoms with van der Waals surface area (Å²) in [6, 6.07) is 8.11. The van der Waals surface area contributed by atoms with Gasteiger partial charge in [-0.25, -0.2) is 9.97 Å². The van der Waals surface area contributed by atoms with Gasteiger partial charge in [0.1, 0.15) is 12.0 Å². The maximum atomic E-state index is 4.65. The molecule has 0 saturated carbocycles. The van der Waals surface area contributed by atoms with Crippen molar-refractivity contribution in [3.8, 4) is 0 Å². The van der Waals surface area contributed by atoms with Gasteiger partial charge in [0.25, 0.3) is 0 Å². The minimum absolute atomic E-state index is 1.00. The predicted octanol–water partition coefficient (Wildman–Crippen LogP) is 2.84. The lowest BCUT2D eigenvalue weighted by molar-refractivity contribution is 0.893. The summed E-state index contributed by atoms with van der Waals surface area (Å²) in [4.78, 5) is 9.06. The second-order valence-corrected chi connectivity index (χ2v) is 3.97. The van der Waals surface area contributed by atoms with Crippen molar-refractivity contribution in [1.29, 1.82) is 0 Å². The van der Waals surface area contributed by atoms with E-state index in [9.17, 15) is 0 Å². The molecule has 1 aromatic carbocycles. The molecule has 2 heterocycles. The molecule has 0 unspecified atom stereocenters. The molecule has 0 atom stereocenters. The zero-order valence-electron chi connectivity index (χ0n) is 9.22. The SMILES string of the molecule is CCCc1cn2cnc3ccccc3c2n1. The van der Waals surface area contributed by atoms with Gasteiger partial charge in [-0.2, -0.15) is 0 Å². The summed E-state index contributed by atoms with van der Waals surface area (Å²) in [7, 11) is 0. The molecule has 3 aromatic rings. The topological polar surface area (TPSA) is 30.2 Å². The van der Waals surface area contributed by atoms with Crippen molar-refractivity contribution in [2.75, 3.05) is 0 Å². The standard InChI is InChI=1S/C13H13N3/c1-2-5-10-8-16-9-14-12-7-4-3-6-11(12)13(16)15-10/h3-4,6-9H,2,5H2,1H3. The van der Waals surface area contributed by atoms with Gasteiger partial charge < -0.3 is 0 Å². The lowest BCUT2D eigenvalue weighted by atomic mass is 10.2. The fourth-order valence-electron chi connectivity index (χ4n) is 2.01.